The van der Waals surface area contributed by atoms with Gasteiger partial charge in [-0.2, -0.15) is 5.10 Å². The molecular weight excluding hydrogens is 480 g/mol. The van der Waals surface area contributed by atoms with E-state index in [0.29, 0.717) is 12.2 Å². The van der Waals surface area contributed by atoms with Crippen molar-refractivity contribution < 1.29 is 26.4 Å². The Kier molecular flexibility index (Phi) is 7.73. The number of ether oxygens (including phenoxy) is 1. The molecule has 3 rings (SSSR count). The molecule has 2 heterocycles. The lowest BCUT2D eigenvalue weighted by molar-refractivity contribution is -0.117. The van der Waals surface area contributed by atoms with Crippen LogP contribution in [0.3, 0.4) is 0 Å². The molecule has 1 atom stereocenters. The van der Waals surface area contributed by atoms with E-state index in [2.05, 4.69) is 5.10 Å². The average Bonchev–Trinajstić information content (AvgIpc) is 3.19. The second-order valence-corrected chi connectivity index (χ2v) is 13.1. The average molecular weight is 513 g/mol. The van der Waals surface area contributed by atoms with Crippen LogP contribution in [-0.4, -0.2) is 81.3 Å². The number of carbonyl (C=O) groups is 1. The number of benzene rings is 1. The van der Waals surface area contributed by atoms with Gasteiger partial charge in [-0.1, -0.05) is 0 Å². The highest BCUT2D eigenvalue weighted by Crippen LogP contribution is 2.43. The summed E-state index contributed by atoms with van der Waals surface area (Å²) in [5, 5.41) is 4.29. The molecule has 0 fully saturated rings. The van der Waals surface area contributed by atoms with E-state index in [-0.39, 0.29) is 37.4 Å². The molecule has 1 aromatic heterocycles. The van der Waals surface area contributed by atoms with Crippen LogP contribution in [0.2, 0.25) is 0 Å². The van der Waals surface area contributed by atoms with Gasteiger partial charge in [-0.25, -0.2) is 21.1 Å². The molecule has 0 saturated carbocycles. The van der Waals surface area contributed by atoms with Crippen LogP contribution in [0.1, 0.15) is 25.8 Å². The van der Waals surface area contributed by atoms with Gasteiger partial charge >= 0.3 is 0 Å². The van der Waals surface area contributed by atoms with Crippen molar-refractivity contribution in [2.75, 3.05) is 43.4 Å². The molecule has 1 amide bonds. The molecule has 34 heavy (non-hydrogen) atoms. The number of amides is 1. The van der Waals surface area contributed by atoms with Gasteiger partial charge in [-0.05, 0) is 31.9 Å². The third kappa shape index (κ3) is 6.16. The molecule has 2 aromatic rings. The van der Waals surface area contributed by atoms with Crippen LogP contribution < -0.4 is 9.64 Å². The van der Waals surface area contributed by atoms with Crippen molar-refractivity contribution >= 4 is 31.5 Å². The van der Waals surface area contributed by atoms with Gasteiger partial charge in [0.2, 0.25) is 15.9 Å². The summed E-state index contributed by atoms with van der Waals surface area (Å²) in [6.07, 6.45) is 7.20. The van der Waals surface area contributed by atoms with Gasteiger partial charge in [0.15, 0.2) is 0 Å². The number of hydrogen-bond donors (Lipinski definition) is 0. The fraction of sp³-hybridized carbons (Fsp3) is 0.545. The van der Waals surface area contributed by atoms with Crippen LogP contribution >= 0.6 is 0 Å². The van der Waals surface area contributed by atoms with Crippen LogP contribution in [-0.2, 0) is 37.6 Å². The first-order valence-electron chi connectivity index (χ1n) is 11.0. The predicted octanol–water partition coefficient (Wildman–Crippen LogP) is 1.55. The number of carbonyl (C=O) groups excluding carboxylic acids is 1. The van der Waals surface area contributed by atoms with E-state index >= 15 is 0 Å². The molecule has 0 spiro atoms. The minimum absolute atomic E-state index is 0.0229. The smallest absolute Gasteiger partial charge is 0.224 e. The van der Waals surface area contributed by atoms with E-state index in [0.717, 1.165) is 35.1 Å². The Balaban J connectivity index is 1.99. The fourth-order valence-electron chi connectivity index (χ4n) is 4.00. The summed E-state index contributed by atoms with van der Waals surface area (Å²) in [4.78, 5) is 14.1. The monoisotopic (exact) mass is 512 g/mol. The maximum absolute atomic E-state index is 12.4. The van der Waals surface area contributed by atoms with Crippen LogP contribution in [0.4, 0.5) is 5.69 Å². The number of aryl methyl sites for hydroxylation is 1. The Bertz CT molecular complexity index is 1270. The highest BCUT2D eigenvalue weighted by molar-refractivity contribution is 7.90. The van der Waals surface area contributed by atoms with E-state index in [1.165, 1.54) is 24.5 Å². The van der Waals surface area contributed by atoms with E-state index < -0.39 is 19.9 Å². The van der Waals surface area contributed by atoms with Crippen LogP contribution in [0.15, 0.2) is 24.5 Å². The predicted molar refractivity (Wildman–Crippen MR) is 131 cm³/mol. The third-order valence-corrected chi connectivity index (χ3v) is 8.18. The molecule has 1 aliphatic rings. The molecule has 0 aliphatic carbocycles. The summed E-state index contributed by atoms with van der Waals surface area (Å²) in [5.74, 6) is 0.503. The van der Waals surface area contributed by atoms with Gasteiger partial charge in [0, 0.05) is 55.7 Å². The number of rotatable bonds is 9. The van der Waals surface area contributed by atoms with Crippen molar-refractivity contribution in [3.63, 3.8) is 0 Å². The second kappa shape index (κ2) is 10.0. The Morgan fingerprint density at radius 3 is 2.56 bits per heavy atom. The van der Waals surface area contributed by atoms with Gasteiger partial charge in [-0.15, -0.1) is 0 Å². The first kappa shape index (κ1) is 26.2. The van der Waals surface area contributed by atoms with Crippen LogP contribution in [0.25, 0.3) is 11.1 Å². The molecule has 12 heteroatoms. The third-order valence-electron chi connectivity index (χ3n) is 5.94. The van der Waals surface area contributed by atoms with Crippen LogP contribution in [0.5, 0.6) is 5.75 Å². The van der Waals surface area contributed by atoms with Crippen molar-refractivity contribution in [2.24, 2.45) is 0 Å². The SMILES string of the molecule is CC(=O)N1c2ccc(-c3cnn(CCS(C)(=O)=O)c3)c(OCCN(C)S(C)(=O)=O)c2CC[C@@H]1C. The molecule has 10 nitrogen and oxygen atoms in total. The number of aromatic nitrogens is 2. The zero-order chi connectivity index (χ0) is 25.3. The standard InChI is InChI=1S/C22H32N4O6S2/c1-16-6-7-20-21(26(16)17(2)27)9-8-19(22(20)32-12-10-24(3)34(5,30)31)18-14-23-25(15-18)11-13-33(4,28)29/h8-9,14-16H,6-7,10-13H2,1-5H3/t16-/m0/s1. The zero-order valence-electron chi connectivity index (χ0n) is 20.2. The number of fused-ring (bicyclic) bond motifs is 1. The summed E-state index contributed by atoms with van der Waals surface area (Å²) in [5.41, 5.74) is 3.17. The Hall–Kier alpha value is -2.44. The van der Waals surface area contributed by atoms with Gasteiger partial charge in [-0.3, -0.25) is 9.48 Å². The van der Waals surface area contributed by atoms with Gasteiger partial charge in [0.1, 0.15) is 22.2 Å². The molecule has 0 saturated heterocycles. The zero-order valence-corrected chi connectivity index (χ0v) is 21.8. The van der Waals surface area contributed by atoms with E-state index in [1.807, 2.05) is 19.1 Å². The van der Waals surface area contributed by atoms with Crippen LogP contribution in [0, 0.1) is 0 Å². The molecule has 0 N–H and O–H groups in total. The number of likely N-dealkylation sites (N-methyl/N-ethyl adjacent to an activating group) is 1. The van der Waals surface area contributed by atoms with Crippen molar-refractivity contribution in [1.82, 2.24) is 14.1 Å². The van der Waals surface area contributed by atoms with E-state index in [4.69, 9.17) is 4.74 Å². The molecule has 188 valence electrons. The Morgan fingerprint density at radius 2 is 1.94 bits per heavy atom. The van der Waals surface area contributed by atoms with Gasteiger partial charge < -0.3 is 9.64 Å². The summed E-state index contributed by atoms with van der Waals surface area (Å²) >= 11 is 0. The largest absolute Gasteiger partial charge is 0.491 e. The summed E-state index contributed by atoms with van der Waals surface area (Å²) in [6.45, 7) is 4.07. The topological polar surface area (TPSA) is 119 Å². The molecule has 0 radical (unpaired) electrons. The Labute approximate surface area is 201 Å². The molecule has 0 bridgehead atoms. The van der Waals surface area contributed by atoms with Gasteiger partial charge in [0.25, 0.3) is 0 Å². The molecule has 1 aliphatic heterocycles. The number of sulfonamides is 1. The highest BCUT2D eigenvalue weighted by atomic mass is 32.2. The Morgan fingerprint density at radius 1 is 1.24 bits per heavy atom. The van der Waals surface area contributed by atoms with Crippen molar-refractivity contribution in [3.8, 4) is 16.9 Å². The normalized spacial score (nSPS) is 16.5. The first-order chi connectivity index (χ1) is 15.8. The van der Waals surface area contributed by atoms with E-state index in [9.17, 15) is 21.6 Å². The molecule has 0 unspecified atom stereocenters. The summed E-state index contributed by atoms with van der Waals surface area (Å²) in [7, 11) is -4.98. The second-order valence-electron chi connectivity index (χ2n) is 8.77. The quantitative estimate of drug-likeness (QED) is 0.500. The number of sulfone groups is 1. The minimum Gasteiger partial charge on any atom is -0.491 e. The van der Waals surface area contributed by atoms with Gasteiger partial charge in [0.05, 0.1) is 30.4 Å². The number of anilines is 1. The highest BCUT2D eigenvalue weighted by Gasteiger charge is 2.30. The lowest BCUT2D eigenvalue weighted by Gasteiger charge is -2.36. The number of nitrogens with zero attached hydrogens (tertiary/aromatic N) is 4. The molecule has 1 aromatic carbocycles. The number of hydrogen-bond acceptors (Lipinski definition) is 7. The summed E-state index contributed by atoms with van der Waals surface area (Å²) in [6, 6.07) is 3.81. The maximum atomic E-state index is 12.4. The lowest BCUT2D eigenvalue weighted by Crippen LogP contribution is -2.41. The summed E-state index contributed by atoms with van der Waals surface area (Å²) < 4.78 is 55.5. The van der Waals surface area contributed by atoms with Crippen molar-refractivity contribution in [2.45, 2.75) is 39.3 Å². The van der Waals surface area contributed by atoms with Crippen molar-refractivity contribution in [3.05, 3.63) is 30.1 Å². The minimum atomic E-state index is -3.34. The fourth-order valence-corrected chi connectivity index (χ4v) is 4.93. The lowest BCUT2D eigenvalue weighted by atomic mass is 9.92. The first-order valence-corrected chi connectivity index (χ1v) is 14.9. The maximum Gasteiger partial charge on any atom is 0.224 e. The van der Waals surface area contributed by atoms with Crippen molar-refractivity contribution in [1.29, 1.82) is 0 Å². The van der Waals surface area contributed by atoms with E-state index in [1.54, 1.807) is 22.0 Å². The molecular formula is C22H32N4O6S2.